The molecule has 3 aromatic rings. The molecule has 7 heteroatoms. The molecule has 37 heavy (non-hydrogen) atoms. The van der Waals surface area contributed by atoms with Crippen LogP contribution in [0.25, 0.3) is 5.70 Å². The Morgan fingerprint density at radius 1 is 1.03 bits per heavy atom. The predicted octanol–water partition coefficient (Wildman–Crippen LogP) is 4.92. The van der Waals surface area contributed by atoms with Crippen molar-refractivity contribution in [3.63, 3.8) is 0 Å². The summed E-state index contributed by atoms with van der Waals surface area (Å²) in [7, 11) is 3.83. The van der Waals surface area contributed by atoms with Crippen LogP contribution < -0.4 is 15.5 Å². The number of anilines is 2. The van der Waals surface area contributed by atoms with Gasteiger partial charge < -0.3 is 20.4 Å². The number of hydrogen-bond donors (Lipinski definition) is 2. The topological polar surface area (TPSA) is 77.6 Å². The SMILES string of the molecule is C=C(NC)c1ccc(C2CN(C(=O)c3ccc(C)c(NC(=O)c4ccc(N(C)C(C)C)nc4)c3)C2)cc1. The maximum Gasteiger partial charge on any atom is 0.257 e. The summed E-state index contributed by atoms with van der Waals surface area (Å²) >= 11 is 0. The number of likely N-dealkylation sites (tertiary alicyclic amines) is 1. The van der Waals surface area contributed by atoms with Gasteiger partial charge in [0, 0.05) is 62.3 Å². The number of nitrogens with zero attached hydrogens (tertiary/aromatic N) is 3. The van der Waals surface area contributed by atoms with Crippen LogP contribution in [0.2, 0.25) is 0 Å². The average Bonchev–Trinajstić information content (AvgIpc) is 2.88. The number of amides is 2. The van der Waals surface area contributed by atoms with Crippen LogP contribution in [-0.2, 0) is 0 Å². The van der Waals surface area contributed by atoms with Crippen molar-refractivity contribution in [2.24, 2.45) is 0 Å². The van der Waals surface area contributed by atoms with Gasteiger partial charge in [0.05, 0.1) is 5.56 Å². The molecule has 0 radical (unpaired) electrons. The van der Waals surface area contributed by atoms with Gasteiger partial charge in [0.15, 0.2) is 0 Å². The number of aryl methyl sites for hydroxylation is 1. The molecule has 7 nitrogen and oxygen atoms in total. The van der Waals surface area contributed by atoms with E-state index < -0.39 is 0 Å². The smallest absolute Gasteiger partial charge is 0.257 e. The quantitative estimate of drug-likeness (QED) is 0.462. The number of pyridine rings is 1. The first kappa shape index (κ1) is 25.9. The van der Waals surface area contributed by atoms with Crippen molar-refractivity contribution in [2.45, 2.75) is 32.7 Å². The van der Waals surface area contributed by atoms with Crippen molar-refractivity contribution in [1.82, 2.24) is 15.2 Å². The lowest BCUT2D eigenvalue weighted by Crippen LogP contribution is -2.48. The maximum absolute atomic E-state index is 13.1. The maximum atomic E-state index is 13.1. The number of rotatable bonds is 8. The Morgan fingerprint density at radius 2 is 1.68 bits per heavy atom. The third-order valence-electron chi connectivity index (χ3n) is 7.08. The van der Waals surface area contributed by atoms with Crippen LogP contribution in [0.3, 0.4) is 0 Å². The van der Waals surface area contributed by atoms with Gasteiger partial charge >= 0.3 is 0 Å². The zero-order valence-corrected chi connectivity index (χ0v) is 22.2. The van der Waals surface area contributed by atoms with E-state index in [4.69, 9.17) is 0 Å². The molecule has 0 bridgehead atoms. The summed E-state index contributed by atoms with van der Waals surface area (Å²) in [5.41, 5.74) is 5.69. The second-order valence-electron chi connectivity index (χ2n) is 9.85. The fraction of sp³-hybridized carbons (Fsp3) is 0.300. The molecule has 0 unspecified atom stereocenters. The third kappa shape index (κ3) is 5.66. The lowest BCUT2D eigenvalue weighted by molar-refractivity contribution is 0.0602. The zero-order valence-electron chi connectivity index (χ0n) is 22.2. The van der Waals surface area contributed by atoms with Crippen LogP contribution in [-0.4, -0.2) is 54.9 Å². The number of hydrogen-bond acceptors (Lipinski definition) is 5. The first-order valence-electron chi connectivity index (χ1n) is 12.5. The highest BCUT2D eigenvalue weighted by Crippen LogP contribution is 2.30. The Labute approximate surface area is 219 Å². The molecule has 0 saturated carbocycles. The lowest BCUT2D eigenvalue weighted by Gasteiger charge is -2.39. The van der Waals surface area contributed by atoms with E-state index >= 15 is 0 Å². The molecular formula is C30H35N5O2. The molecule has 0 aliphatic carbocycles. The van der Waals surface area contributed by atoms with E-state index in [-0.39, 0.29) is 11.8 Å². The van der Waals surface area contributed by atoms with E-state index in [9.17, 15) is 9.59 Å². The van der Waals surface area contributed by atoms with Crippen molar-refractivity contribution < 1.29 is 9.59 Å². The van der Waals surface area contributed by atoms with Gasteiger partial charge in [-0.2, -0.15) is 0 Å². The van der Waals surface area contributed by atoms with Gasteiger partial charge in [0.1, 0.15) is 5.82 Å². The lowest BCUT2D eigenvalue weighted by atomic mass is 9.90. The first-order valence-corrected chi connectivity index (χ1v) is 12.5. The molecular weight excluding hydrogens is 462 g/mol. The summed E-state index contributed by atoms with van der Waals surface area (Å²) in [6.07, 6.45) is 1.58. The van der Waals surface area contributed by atoms with Crippen molar-refractivity contribution in [1.29, 1.82) is 0 Å². The highest BCUT2D eigenvalue weighted by Gasteiger charge is 2.32. The van der Waals surface area contributed by atoms with Crippen molar-refractivity contribution in [3.05, 3.63) is 95.2 Å². The molecule has 1 aliphatic heterocycles. The Morgan fingerprint density at radius 3 is 2.27 bits per heavy atom. The number of benzene rings is 2. The molecule has 0 atom stereocenters. The molecule has 1 saturated heterocycles. The highest BCUT2D eigenvalue weighted by atomic mass is 16.2. The molecule has 2 N–H and O–H groups in total. The van der Waals surface area contributed by atoms with Gasteiger partial charge in [0.2, 0.25) is 0 Å². The Kier molecular flexibility index (Phi) is 7.62. The molecule has 4 rings (SSSR count). The summed E-state index contributed by atoms with van der Waals surface area (Å²) in [6, 6.07) is 17.7. The molecule has 1 aliphatic rings. The fourth-order valence-corrected chi connectivity index (χ4v) is 4.22. The summed E-state index contributed by atoms with van der Waals surface area (Å²) in [5, 5.41) is 6.01. The summed E-state index contributed by atoms with van der Waals surface area (Å²) in [4.78, 5) is 34.3. The fourth-order valence-electron chi connectivity index (χ4n) is 4.22. The number of aromatic nitrogens is 1. The van der Waals surface area contributed by atoms with Gasteiger partial charge in [0.25, 0.3) is 11.8 Å². The van der Waals surface area contributed by atoms with E-state index in [1.807, 2.05) is 49.0 Å². The van der Waals surface area contributed by atoms with Gasteiger partial charge in [-0.25, -0.2) is 4.98 Å². The summed E-state index contributed by atoms with van der Waals surface area (Å²) < 4.78 is 0. The second-order valence-corrected chi connectivity index (χ2v) is 9.85. The van der Waals surface area contributed by atoms with Crippen LogP contribution in [0.4, 0.5) is 11.5 Å². The monoisotopic (exact) mass is 497 g/mol. The molecule has 2 heterocycles. The van der Waals surface area contributed by atoms with E-state index in [0.29, 0.717) is 41.9 Å². The molecule has 0 spiro atoms. The summed E-state index contributed by atoms with van der Waals surface area (Å²) in [5.74, 6) is 0.834. The van der Waals surface area contributed by atoms with Gasteiger partial charge in [-0.3, -0.25) is 9.59 Å². The van der Waals surface area contributed by atoms with E-state index in [1.54, 1.807) is 18.3 Å². The molecule has 192 valence electrons. The van der Waals surface area contributed by atoms with Crippen molar-refractivity contribution >= 4 is 29.0 Å². The minimum atomic E-state index is -0.257. The number of carbonyl (C=O) groups excluding carboxylic acids is 2. The third-order valence-corrected chi connectivity index (χ3v) is 7.08. The minimum absolute atomic E-state index is 0.0327. The average molecular weight is 498 g/mol. The van der Waals surface area contributed by atoms with Crippen LogP contribution in [0.15, 0.2) is 67.4 Å². The molecule has 2 amide bonds. The molecule has 1 aromatic heterocycles. The minimum Gasteiger partial charge on any atom is -0.388 e. The zero-order chi connectivity index (χ0) is 26.7. The van der Waals surface area contributed by atoms with Crippen molar-refractivity contribution in [3.8, 4) is 0 Å². The van der Waals surface area contributed by atoms with Crippen LogP contribution >= 0.6 is 0 Å². The van der Waals surface area contributed by atoms with Crippen molar-refractivity contribution in [2.75, 3.05) is 37.4 Å². The number of nitrogens with one attached hydrogen (secondary N) is 2. The first-order chi connectivity index (χ1) is 17.7. The van der Waals surface area contributed by atoms with E-state index in [0.717, 1.165) is 22.6 Å². The van der Waals surface area contributed by atoms with Crippen LogP contribution in [0.1, 0.15) is 57.2 Å². The molecule has 1 fully saturated rings. The normalized spacial score (nSPS) is 13.2. The Bertz CT molecular complexity index is 1290. The van der Waals surface area contributed by atoms with Gasteiger partial charge in [-0.1, -0.05) is 36.9 Å². The molecule has 2 aromatic carbocycles. The van der Waals surface area contributed by atoms with E-state index in [2.05, 4.69) is 60.3 Å². The van der Waals surface area contributed by atoms with Crippen LogP contribution in [0.5, 0.6) is 0 Å². The van der Waals surface area contributed by atoms with Crippen LogP contribution in [0, 0.1) is 6.92 Å². The summed E-state index contributed by atoms with van der Waals surface area (Å²) in [6.45, 7) is 11.4. The predicted molar refractivity (Wildman–Crippen MR) is 150 cm³/mol. The van der Waals surface area contributed by atoms with Gasteiger partial charge in [-0.05, 0) is 61.7 Å². The van der Waals surface area contributed by atoms with E-state index in [1.165, 1.54) is 5.56 Å². The largest absolute Gasteiger partial charge is 0.388 e. The number of carbonyl (C=O) groups is 2. The standard InChI is InChI=1S/C30H35N5O2/c1-19(2)34(6)28-14-13-25(16-32-28)29(36)33-27-15-24(8-7-20(27)3)30(37)35-17-26(18-35)23-11-9-22(10-12-23)21(4)31-5/h7-16,19,26,31H,4,17-18H2,1-3,5-6H3,(H,33,36). The highest BCUT2D eigenvalue weighted by molar-refractivity contribution is 6.05. The Hall–Kier alpha value is -4.13. The Balaban J connectivity index is 1.39. The van der Waals surface area contributed by atoms with Gasteiger partial charge in [-0.15, -0.1) is 0 Å². The second kappa shape index (κ2) is 10.9.